The van der Waals surface area contributed by atoms with E-state index in [-0.39, 0.29) is 11.1 Å². The average Bonchev–Trinajstić information content (AvgIpc) is 2.86. The van der Waals surface area contributed by atoms with E-state index in [1.807, 2.05) is 13.8 Å². The molecule has 1 N–H and O–H groups in total. The number of hydrogen-bond acceptors (Lipinski definition) is 3. The topological polar surface area (TPSA) is 66.1 Å². The summed E-state index contributed by atoms with van der Waals surface area (Å²) < 4.78 is 26.1. The Morgan fingerprint density at radius 3 is 2.69 bits per heavy atom. The van der Waals surface area contributed by atoms with Gasteiger partial charge in [-0.3, -0.25) is 0 Å². The molecule has 90 valence electrons. The van der Waals surface area contributed by atoms with E-state index in [2.05, 4.69) is 9.97 Å². The predicted molar refractivity (Wildman–Crippen MR) is 60.3 cm³/mol. The highest BCUT2D eigenvalue weighted by atomic mass is 32.2. The molecule has 0 amide bonds. The number of rotatable bonds is 5. The maximum atomic E-state index is 12.3. The standard InChI is InChI=1S/C10H17N3O2S/c1-8(2)6-13(9-3-4-9)16(14,15)10-5-11-7-12-10/h5,7-9H,3-4,6H2,1-2H3,(H,11,12). The molecule has 0 unspecified atom stereocenters. The van der Waals surface area contributed by atoms with E-state index < -0.39 is 10.0 Å². The lowest BCUT2D eigenvalue weighted by molar-refractivity contribution is 0.359. The summed E-state index contributed by atoms with van der Waals surface area (Å²) in [6, 6.07) is 0.190. The van der Waals surface area contributed by atoms with Crippen molar-refractivity contribution in [2.45, 2.75) is 37.8 Å². The van der Waals surface area contributed by atoms with Crippen LogP contribution < -0.4 is 0 Å². The van der Waals surface area contributed by atoms with Crippen molar-refractivity contribution in [2.24, 2.45) is 5.92 Å². The van der Waals surface area contributed by atoms with Gasteiger partial charge >= 0.3 is 0 Å². The molecule has 1 saturated carbocycles. The SMILES string of the molecule is CC(C)CN(C1CC1)S(=O)(=O)c1cnc[nH]1. The van der Waals surface area contributed by atoms with Crippen molar-refractivity contribution in [3.63, 3.8) is 0 Å². The van der Waals surface area contributed by atoms with Crippen LogP contribution in [0.15, 0.2) is 17.6 Å². The van der Waals surface area contributed by atoms with E-state index >= 15 is 0 Å². The van der Waals surface area contributed by atoms with Gasteiger partial charge in [-0.05, 0) is 18.8 Å². The zero-order valence-corrected chi connectivity index (χ0v) is 10.4. The molecule has 1 heterocycles. The largest absolute Gasteiger partial charge is 0.335 e. The Kier molecular flexibility index (Phi) is 3.03. The highest BCUT2D eigenvalue weighted by molar-refractivity contribution is 7.89. The van der Waals surface area contributed by atoms with Gasteiger partial charge in [0.2, 0.25) is 0 Å². The van der Waals surface area contributed by atoms with E-state index in [1.54, 1.807) is 4.31 Å². The fourth-order valence-corrected chi connectivity index (χ4v) is 3.42. The van der Waals surface area contributed by atoms with Gasteiger partial charge in [-0.2, -0.15) is 4.31 Å². The van der Waals surface area contributed by atoms with Crippen LogP contribution in [-0.4, -0.2) is 35.3 Å². The first-order valence-corrected chi connectivity index (χ1v) is 6.96. The summed E-state index contributed by atoms with van der Waals surface area (Å²) in [5, 5.41) is 0.194. The van der Waals surface area contributed by atoms with Crippen LogP contribution in [0.4, 0.5) is 0 Å². The Morgan fingerprint density at radius 1 is 1.56 bits per heavy atom. The average molecular weight is 243 g/mol. The van der Waals surface area contributed by atoms with E-state index in [0.717, 1.165) is 12.8 Å². The third-order valence-corrected chi connectivity index (χ3v) is 4.40. The molecule has 0 radical (unpaired) electrons. The van der Waals surface area contributed by atoms with Crippen molar-refractivity contribution in [2.75, 3.05) is 6.54 Å². The highest BCUT2D eigenvalue weighted by Crippen LogP contribution is 2.32. The van der Waals surface area contributed by atoms with Gasteiger partial charge in [-0.25, -0.2) is 13.4 Å². The number of nitrogens with one attached hydrogen (secondary N) is 1. The highest BCUT2D eigenvalue weighted by Gasteiger charge is 2.38. The quantitative estimate of drug-likeness (QED) is 0.845. The van der Waals surface area contributed by atoms with Crippen molar-refractivity contribution in [3.8, 4) is 0 Å². The third kappa shape index (κ3) is 2.27. The van der Waals surface area contributed by atoms with Crippen molar-refractivity contribution in [3.05, 3.63) is 12.5 Å². The van der Waals surface area contributed by atoms with Crippen LogP contribution in [0, 0.1) is 5.92 Å². The molecule has 5 nitrogen and oxygen atoms in total. The van der Waals surface area contributed by atoms with Crippen LogP contribution in [0.1, 0.15) is 26.7 Å². The molecule has 0 aromatic carbocycles. The van der Waals surface area contributed by atoms with Crippen LogP contribution in [0.25, 0.3) is 0 Å². The molecule has 0 bridgehead atoms. The van der Waals surface area contributed by atoms with E-state index in [0.29, 0.717) is 12.5 Å². The zero-order valence-electron chi connectivity index (χ0n) is 9.55. The second-order valence-electron chi connectivity index (χ2n) is 4.62. The maximum Gasteiger partial charge on any atom is 0.260 e. The first kappa shape index (κ1) is 11.6. The third-order valence-electron chi connectivity index (χ3n) is 2.56. The Labute approximate surface area is 95.9 Å². The maximum absolute atomic E-state index is 12.3. The van der Waals surface area contributed by atoms with Gasteiger partial charge in [-0.15, -0.1) is 0 Å². The molecule has 0 aliphatic heterocycles. The van der Waals surface area contributed by atoms with E-state index in [4.69, 9.17) is 0 Å². The van der Waals surface area contributed by atoms with Crippen molar-refractivity contribution >= 4 is 10.0 Å². The Morgan fingerprint density at radius 2 is 2.25 bits per heavy atom. The summed E-state index contributed by atoms with van der Waals surface area (Å²) in [6.45, 7) is 4.63. The zero-order chi connectivity index (χ0) is 11.8. The number of H-pyrrole nitrogens is 1. The summed E-state index contributed by atoms with van der Waals surface area (Å²) in [7, 11) is -3.37. The summed E-state index contributed by atoms with van der Waals surface area (Å²) in [5.74, 6) is 0.332. The lowest BCUT2D eigenvalue weighted by Crippen LogP contribution is -2.36. The fraction of sp³-hybridized carbons (Fsp3) is 0.700. The van der Waals surface area contributed by atoms with Crippen molar-refractivity contribution in [1.82, 2.24) is 14.3 Å². The summed E-state index contributed by atoms with van der Waals surface area (Å²) >= 11 is 0. The molecular weight excluding hydrogens is 226 g/mol. The number of hydrogen-bond donors (Lipinski definition) is 1. The van der Waals surface area contributed by atoms with Crippen molar-refractivity contribution in [1.29, 1.82) is 0 Å². The van der Waals surface area contributed by atoms with Crippen LogP contribution in [-0.2, 0) is 10.0 Å². The molecule has 0 atom stereocenters. The Balaban J connectivity index is 2.25. The van der Waals surface area contributed by atoms with E-state index in [9.17, 15) is 8.42 Å². The minimum absolute atomic E-state index is 0.190. The number of nitrogens with zero attached hydrogens (tertiary/aromatic N) is 2. The van der Waals surface area contributed by atoms with Crippen molar-refractivity contribution < 1.29 is 8.42 Å². The van der Waals surface area contributed by atoms with Crippen LogP contribution >= 0.6 is 0 Å². The second-order valence-corrected chi connectivity index (χ2v) is 6.47. The lowest BCUT2D eigenvalue weighted by atomic mass is 10.2. The molecule has 2 rings (SSSR count). The molecule has 1 fully saturated rings. The molecule has 1 aliphatic carbocycles. The molecule has 1 aromatic rings. The number of aromatic nitrogens is 2. The predicted octanol–water partition coefficient (Wildman–Crippen LogP) is 1.22. The molecule has 1 aromatic heterocycles. The van der Waals surface area contributed by atoms with Crippen LogP contribution in [0.5, 0.6) is 0 Å². The van der Waals surface area contributed by atoms with Crippen LogP contribution in [0.3, 0.4) is 0 Å². The fourth-order valence-electron chi connectivity index (χ4n) is 1.68. The van der Waals surface area contributed by atoms with Gasteiger partial charge < -0.3 is 4.98 Å². The first-order chi connectivity index (χ1) is 7.51. The molecule has 6 heteroatoms. The van der Waals surface area contributed by atoms with E-state index in [1.165, 1.54) is 12.5 Å². The minimum Gasteiger partial charge on any atom is -0.335 e. The molecule has 1 aliphatic rings. The summed E-state index contributed by atoms with van der Waals surface area (Å²) in [6.07, 6.45) is 4.71. The molecule has 0 saturated heterocycles. The lowest BCUT2D eigenvalue weighted by Gasteiger charge is -2.22. The summed E-state index contributed by atoms with van der Waals surface area (Å²) in [4.78, 5) is 6.44. The Bertz CT molecular complexity index is 435. The van der Waals surface area contributed by atoms with Crippen LogP contribution in [0.2, 0.25) is 0 Å². The monoisotopic (exact) mass is 243 g/mol. The molecule has 0 spiro atoms. The molecular formula is C10H17N3O2S. The van der Waals surface area contributed by atoms with Gasteiger partial charge in [-0.1, -0.05) is 13.8 Å². The number of imidazole rings is 1. The second kappa shape index (κ2) is 4.18. The smallest absolute Gasteiger partial charge is 0.260 e. The normalized spacial score (nSPS) is 17.2. The first-order valence-electron chi connectivity index (χ1n) is 5.52. The molecule has 16 heavy (non-hydrogen) atoms. The summed E-state index contributed by atoms with van der Waals surface area (Å²) in [5.41, 5.74) is 0. The minimum atomic E-state index is -3.37. The van der Waals surface area contributed by atoms with Gasteiger partial charge in [0.1, 0.15) is 0 Å². The van der Waals surface area contributed by atoms with Gasteiger partial charge in [0.25, 0.3) is 10.0 Å². The number of aromatic amines is 1. The van der Waals surface area contributed by atoms with Gasteiger partial charge in [0.05, 0.1) is 12.5 Å². The van der Waals surface area contributed by atoms with Gasteiger partial charge in [0, 0.05) is 12.6 Å². The van der Waals surface area contributed by atoms with Gasteiger partial charge in [0.15, 0.2) is 5.03 Å². The number of sulfonamides is 1. The Hall–Kier alpha value is -0.880.